The number of hydrogen-bond acceptors (Lipinski definition) is 2. The Kier molecular flexibility index (Phi) is 6.48. The lowest BCUT2D eigenvalue weighted by Gasteiger charge is -2.46. The topological polar surface area (TPSA) is 38.0 Å². The molecule has 1 aliphatic heterocycles. The van der Waals surface area contributed by atoms with Crippen molar-refractivity contribution in [1.29, 1.82) is 0 Å². The van der Waals surface area contributed by atoms with Crippen molar-refractivity contribution in [2.75, 3.05) is 13.1 Å². The highest BCUT2D eigenvalue weighted by Crippen LogP contribution is 2.45. The van der Waals surface area contributed by atoms with Crippen LogP contribution in [0.4, 0.5) is 0 Å². The van der Waals surface area contributed by atoms with Crippen LogP contribution in [0.25, 0.3) is 6.08 Å². The van der Waals surface area contributed by atoms with Gasteiger partial charge < -0.3 is 11.1 Å². The Morgan fingerprint density at radius 1 is 0.848 bits per heavy atom. The molecule has 3 aromatic rings. The summed E-state index contributed by atoms with van der Waals surface area (Å²) in [5.74, 6) is 0.501. The van der Waals surface area contributed by atoms with Gasteiger partial charge in [-0.2, -0.15) is 0 Å². The second-order valence-electron chi connectivity index (χ2n) is 9.85. The molecule has 0 radical (unpaired) electrons. The lowest BCUT2D eigenvalue weighted by atomic mass is 9.66. The third kappa shape index (κ3) is 4.18. The first-order valence-corrected chi connectivity index (χ1v) is 12.6. The molecule has 0 aromatic heterocycles. The maximum atomic E-state index is 6.58. The van der Waals surface area contributed by atoms with E-state index in [0.717, 1.165) is 25.8 Å². The van der Waals surface area contributed by atoms with Crippen LogP contribution in [0.15, 0.2) is 91.0 Å². The highest BCUT2D eigenvalue weighted by atomic mass is 15.0. The van der Waals surface area contributed by atoms with Crippen LogP contribution in [-0.2, 0) is 5.41 Å². The van der Waals surface area contributed by atoms with Gasteiger partial charge in [-0.25, -0.2) is 0 Å². The lowest BCUT2D eigenvalue weighted by molar-refractivity contribution is 0.247. The van der Waals surface area contributed by atoms with E-state index in [-0.39, 0.29) is 11.0 Å². The Morgan fingerprint density at radius 3 is 2.15 bits per heavy atom. The van der Waals surface area contributed by atoms with Crippen LogP contribution in [0, 0.1) is 0 Å². The molecule has 170 valence electrons. The molecule has 2 atom stereocenters. The number of rotatable bonds is 7. The molecule has 1 fully saturated rings. The van der Waals surface area contributed by atoms with Crippen LogP contribution in [-0.4, -0.2) is 18.6 Å². The van der Waals surface area contributed by atoms with Gasteiger partial charge in [0.15, 0.2) is 0 Å². The molecular formula is C31H36N2. The van der Waals surface area contributed by atoms with Crippen LogP contribution in [0.5, 0.6) is 0 Å². The zero-order chi connectivity index (χ0) is 22.6. The van der Waals surface area contributed by atoms with Crippen LogP contribution in [0.2, 0.25) is 0 Å². The van der Waals surface area contributed by atoms with E-state index in [4.69, 9.17) is 5.73 Å². The molecule has 0 amide bonds. The summed E-state index contributed by atoms with van der Waals surface area (Å²) in [5.41, 5.74) is 12.1. The number of fused-ring (bicyclic) bond motifs is 1. The third-order valence-corrected chi connectivity index (χ3v) is 8.12. The van der Waals surface area contributed by atoms with E-state index in [9.17, 15) is 0 Å². The van der Waals surface area contributed by atoms with Crippen LogP contribution in [0.3, 0.4) is 0 Å². The van der Waals surface area contributed by atoms with E-state index >= 15 is 0 Å². The number of piperidine rings is 1. The average Bonchev–Trinajstić information content (AvgIpc) is 2.90. The van der Waals surface area contributed by atoms with Crippen molar-refractivity contribution in [3.05, 3.63) is 113 Å². The van der Waals surface area contributed by atoms with E-state index in [1.165, 1.54) is 41.5 Å². The summed E-state index contributed by atoms with van der Waals surface area (Å²) in [4.78, 5) is 0. The Bertz CT molecular complexity index is 1020. The molecule has 1 heterocycles. The molecule has 2 aliphatic rings. The first kappa shape index (κ1) is 22.1. The minimum Gasteiger partial charge on any atom is -0.329 e. The minimum absolute atomic E-state index is 0.0947. The van der Waals surface area contributed by atoms with Crippen molar-refractivity contribution < 1.29 is 0 Å². The summed E-state index contributed by atoms with van der Waals surface area (Å²) in [6.45, 7) is 1.73. The van der Waals surface area contributed by atoms with Gasteiger partial charge in [0.05, 0.1) is 0 Å². The first-order chi connectivity index (χ1) is 16.3. The molecule has 0 bridgehead atoms. The third-order valence-electron chi connectivity index (χ3n) is 8.12. The number of nitrogens with two attached hydrogens (primary N) is 1. The van der Waals surface area contributed by atoms with Gasteiger partial charge in [0, 0.05) is 23.4 Å². The molecule has 2 unspecified atom stereocenters. The Balaban J connectivity index is 1.45. The van der Waals surface area contributed by atoms with E-state index in [1.54, 1.807) is 0 Å². The van der Waals surface area contributed by atoms with Gasteiger partial charge in [0.2, 0.25) is 0 Å². The largest absolute Gasteiger partial charge is 0.329 e. The SMILES string of the molecule is NCC(CCCC1c2ccccc2C=CC12CCCCN2)(c1ccccc1)c1ccccc1. The molecule has 3 N–H and O–H groups in total. The van der Waals surface area contributed by atoms with Gasteiger partial charge >= 0.3 is 0 Å². The Hall–Kier alpha value is -2.68. The van der Waals surface area contributed by atoms with Crippen LogP contribution < -0.4 is 11.1 Å². The number of benzene rings is 3. The normalized spacial score (nSPS) is 22.3. The van der Waals surface area contributed by atoms with Crippen molar-refractivity contribution in [3.8, 4) is 0 Å². The molecule has 2 heteroatoms. The molecule has 33 heavy (non-hydrogen) atoms. The maximum Gasteiger partial charge on any atom is 0.0437 e. The molecule has 5 rings (SSSR count). The Morgan fingerprint density at radius 2 is 1.52 bits per heavy atom. The smallest absolute Gasteiger partial charge is 0.0437 e. The highest BCUT2D eigenvalue weighted by Gasteiger charge is 2.41. The summed E-state index contributed by atoms with van der Waals surface area (Å²) in [7, 11) is 0. The average molecular weight is 437 g/mol. The fraction of sp³-hybridized carbons (Fsp3) is 0.355. The van der Waals surface area contributed by atoms with Crippen molar-refractivity contribution in [3.63, 3.8) is 0 Å². The summed E-state index contributed by atoms with van der Waals surface area (Å²) < 4.78 is 0. The lowest BCUT2D eigenvalue weighted by Crippen LogP contribution is -2.52. The predicted molar refractivity (Wildman–Crippen MR) is 139 cm³/mol. The van der Waals surface area contributed by atoms with Gasteiger partial charge in [-0.15, -0.1) is 0 Å². The molecule has 2 nitrogen and oxygen atoms in total. The molecular weight excluding hydrogens is 400 g/mol. The van der Waals surface area contributed by atoms with Gasteiger partial charge in [-0.3, -0.25) is 0 Å². The summed E-state index contributed by atoms with van der Waals surface area (Å²) in [6.07, 6.45) is 12.0. The first-order valence-electron chi connectivity index (χ1n) is 12.6. The number of hydrogen-bond donors (Lipinski definition) is 2. The zero-order valence-corrected chi connectivity index (χ0v) is 19.5. The molecule has 0 saturated carbocycles. The molecule has 1 spiro atoms. The van der Waals surface area contributed by atoms with Crippen LogP contribution in [0.1, 0.15) is 66.7 Å². The van der Waals surface area contributed by atoms with Gasteiger partial charge in [-0.05, 0) is 54.5 Å². The second kappa shape index (κ2) is 9.67. The maximum absolute atomic E-state index is 6.58. The standard InChI is InChI=1S/C31H36N2/c32-24-30(26-13-3-1-4-14-26,27-15-5-2-6-16-27)20-11-18-29-28-17-8-7-12-25(28)19-22-31(29)21-9-10-23-33-31/h1-8,12-17,19,22,29,33H,9-11,18,20-21,23-24,32H2. The van der Waals surface area contributed by atoms with Crippen molar-refractivity contribution >= 4 is 6.08 Å². The van der Waals surface area contributed by atoms with Gasteiger partial charge in [0.25, 0.3) is 0 Å². The second-order valence-corrected chi connectivity index (χ2v) is 9.85. The fourth-order valence-corrected chi connectivity index (χ4v) is 6.33. The van der Waals surface area contributed by atoms with E-state index in [0.29, 0.717) is 12.5 Å². The zero-order valence-electron chi connectivity index (χ0n) is 19.5. The van der Waals surface area contributed by atoms with E-state index < -0.39 is 0 Å². The highest BCUT2D eigenvalue weighted by molar-refractivity contribution is 5.61. The van der Waals surface area contributed by atoms with Crippen LogP contribution >= 0.6 is 0 Å². The molecule has 1 saturated heterocycles. The van der Waals surface area contributed by atoms with Crippen molar-refractivity contribution in [2.45, 2.75) is 55.4 Å². The quantitative estimate of drug-likeness (QED) is 0.448. The minimum atomic E-state index is -0.153. The predicted octanol–water partition coefficient (Wildman–Crippen LogP) is 6.42. The van der Waals surface area contributed by atoms with Crippen molar-refractivity contribution in [1.82, 2.24) is 5.32 Å². The summed E-state index contributed by atoms with van der Waals surface area (Å²) >= 11 is 0. The van der Waals surface area contributed by atoms with E-state index in [1.807, 2.05) is 0 Å². The van der Waals surface area contributed by atoms with Crippen molar-refractivity contribution in [2.24, 2.45) is 5.73 Å². The van der Waals surface area contributed by atoms with E-state index in [2.05, 4.69) is 102 Å². The molecule has 1 aliphatic carbocycles. The molecule has 3 aromatic carbocycles. The fourth-order valence-electron chi connectivity index (χ4n) is 6.33. The van der Waals surface area contributed by atoms with Gasteiger partial charge in [0.1, 0.15) is 0 Å². The summed E-state index contributed by atoms with van der Waals surface area (Å²) in [5, 5.41) is 3.94. The number of nitrogens with one attached hydrogen (secondary N) is 1. The van der Waals surface area contributed by atoms with Gasteiger partial charge in [-0.1, -0.05) is 110 Å². The summed E-state index contributed by atoms with van der Waals surface area (Å²) in [6, 6.07) is 30.8. The Labute approximate surface area is 198 Å². The monoisotopic (exact) mass is 436 g/mol.